The monoisotopic (exact) mass is 413 g/mol. The van der Waals surface area contributed by atoms with E-state index in [0.717, 1.165) is 0 Å². The van der Waals surface area contributed by atoms with Crippen LogP contribution in [0.25, 0.3) is 0 Å². The van der Waals surface area contributed by atoms with Gasteiger partial charge < -0.3 is 10.1 Å². The number of nitrogens with zero attached hydrogens (tertiary/aromatic N) is 2. The molecule has 2 aliphatic rings. The summed E-state index contributed by atoms with van der Waals surface area (Å²) >= 11 is 0. The molecule has 2 heterocycles. The van der Waals surface area contributed by atoms with Crippen LogP contribution in [0, 0.1) is 5.92 Å². The van der Waals surface area contributed by atoms with Crippen molar-refractivity contribution in [2.75, 3.05) is 26.4 Å². The van der Waals surface area contributed by atoms with Gasteiger partial charge in [0.15, 0.2) is 0 Å². The second kappa shape index (κ2) is 8.02. The summed E-state index contributed by atoms with van der Waals surface area (Å²) in [5.74, 6) is -1.94. The number of amides is 3. The summed E-state index contributed by atoms with van der Waals surface area (Å²) in [4.78, 5) is 39.3. The van der Waals surface area contributed by atoms with Gasteiger partial charge in [-0.05, 0) is 25.3 Å². The molecule has 7 nitrogen and oxygen atoms in total. The standard InChI is InChI=1S/C19H22F3N3O4/c1-2-29-15(26)13-8-10-24(11-9-13)12-25-16(27)18(19(20,21)22,23-17(25)28)14-6-4-3-5-7-14/h3-7,13H,2,8-12H2,1H3,(H,23,28). The van der Waals surface area contributed by atoms with Crippen molar-refractivity contribution in [1.29, 1.82) is 0 Å². The molecule has 0 saturated carbocycles. The number of ether oxygens (including phenoxy) is 1. The van der Waals surface area contributed by atoms with E-state index in [0.29, 0.717) is 30.8 Å². The molecule has 1 aromatic rings. The van der Waals surface area contributed by atoms with Crippen molar-refractivity contribution >= 4 is 17.9 Å². The Morgan fingerprint density at radius 2 is 1.83 bits per heavy atom. The summed E-state index contributed by atoms with van der Waals surface area (Å²) < 4.78 is 46.9. The van der Waals surface area contributed by atoms with E-state index >= 15 is 0 Å². The minimum Gasteiger partial charge on any atom is -0.466 e. The van der Waals surface area contributed by atoms with Crippen LogP contribution in [-0.2, 0) is 19.9 Å². The largest absolute Gasteiger partial charge is 0.466 e. The lowest BCUT2D eigenvalue weighted by Gasteiger charge is -2.33. The van der Waals surface area contributed by atoms with Crippen molar-refractivity contribution in [3.05, 3.63) is 35.9 Å². The highest BCUT2D eigenvalue weighted by Gasteiger charge is 2.68. The summed E-state index contributed by atoms with van der Waals surface area (Å²) in [6.45, 7) is 2.45. The Hall–Kier alpha value is -2.62. The Balaban J connectivity index is 1.75. The SMILES string of the molecule is CCOC(=O)C1CCN(CN2C(=O)NC(c3ccccc3)(C(F)(F)F)C2=O)CC1. The number of hydrogen-bond donors (Lipinski definition) is 1. The molecule has 0 aromatic heterocycles. The van der Waals surface area contributed by atoms with E-state index in [-0.39, 0.29) is 30.7 Å². The van der Waals surface area contributed by atoms with Crippen LogP contribution >= 0.6 is 0 Å². The highest BCUT2D eigenvalue weighted by atomic mass is 19.4. The molecule has 0 spiro atoms. The van der Waals surface area contributed by atoms with E-state index in [1.165, 1.54) is 30.3 Å². The van der Waals surface area contributed by atoms with Gasteiger partial charge in [0.25, 0.3) is 5.91 Å². The number of imide groups is 1. The van der Waals surface area contributed by atoms with Gasteiger partial charge in [-0.3, -0.25) is 14.5 Å². The van der Waals surface area contributed by atoms with E-state index < -0.39 is 23.7 Å². The first-order valence-corrected chi connectivity index (χ1v) is 9.36. The molecule has 1 N–H and O–H groups in total. The lowest BCUT2D eigenvalue weighted by Crippen LogP contribution is -2.56. The molecular weight excluding hydrogens is 391 g/mol. The average molecular weight is 413 g/mol. The highest BCUT2D eigenvalue weighted by Crippen LogP contribution is 2.43. The number of alkyl halides is 3. The summed E-state index contributed by atoms with van der Waals surface area (Å²) in [7, 11) is 0. The first-order valence-electron chi connectivity index (χ1n) is 9.36. The molecule has 2 saturated heterocycles. The van der Waals surface area contributed by atoms with Gasteiger partial charge in [0.1, 0.15) is 0 Å². The van der Waals surface area contributed by atoms with Crippen LogP contribution < -0.4 is 5.32 Å². The first kappa shape index (κ1) is 21.1. The maximum absolute atomic E-state index is 14.0. The maximum atomic E-state index is 14.0. The molecule has 3 rings (SSSR count). The number of halogens is 3. The number of urea groups is 1. The number of piperidine rings is 1. The molecule has 1 atom stereocenters. The topological polar surface area (TPSA) is 79.0 Å². The fourth-order valence-electron chi connectivity index (χ4n) is 3.71. The van der Waals surface area contributed by atoms with Crippen molar-refractivity contribution in [3.63, 3.8) is 0 Å². The Bertz CT molecular complexity index is 779. The zero-order chi connectivity index (χ0) is 21.2. The van der Waals surface area contributed by atoms with E-state index in [2.05, 4.69) is 0 Å². The molecule has 1 unspecified atom stereocenters. The third-order valence-corrected chi connectivity index (χ3v) is 5.29. The summed E-state index contributed by atoms with van der Waals surface area (Å²) in [5, 5.41) is 1.87. The number of hydrogen-bond acceptors (Lipinski definition) is 5. The molecule has 0 bridgehead atoms. The van der Waals surface area contributed by atoms with Crippen molar-refractivity contribution < 1.29 is 32.3 Å². The fraction of sp³-hybridized carbons (Fsp3) is 0.526. The minimum absolute atomic E-state index is 0.273. The normalized spacial score (nSPS) is 23.9. The van der Waals surface area contributed by atoms with Crippen molar-refractivity contribution in [1.82, 2.24) is 15.1 Å². The van der Waals surface area contributed by atoms with Crippen LogP contribution in [0.2, 0.25) is 0 Å². The van der Waals surface area contributed by atoms with Crippen molar-refractivity contribution in [2.45, 2.75) is 31.5 Å². The van der Waals surface area contributed by atoms with Crippen LogP contribution in [0.1, 0.15) is 25.3 Å². The number of likely N-dealkylation sites (tertiary alicyclic amines) is 1. The van der Waals surface area contributed by atoms with Gasteiger partial charge in [-0.1, -0.05) is 30.3 Å². The smallest absolute Gasteiger partial charge is 0.425 e. The Morgan fingerprint density at radius 3 is 2.38 bits per heavy atom. The van der Waals surface area contributed by atoms with E-state index in [1.807, 2.05) is 5.32 Å². The zero-order valence-corrected chi connectivity index (χ0v) is 15.9. The van der Waals surface area contributed by atoms with Crippen LogP contribution in [0.4, 0.5) is 18.0 Å². The minimum atomic E-state index is -5.01. The molecule has 0 aliphatic carbocycles. The number of carbonyl (C=O) groups is 3. The average Bonchev–Trinajstić information content (AvgIpc) is 2.95. The molecular formula is C19H22F3N3O4. The van der Waals surface area contributed by atoms with Gasteiger partial charge >= 0.3 is 18.2 Å². The van der Waals surface area contributed by atoms with Crippen molar-refractivity contribution in [2.24, 2.45) is 5.92 Å². The number of nitrogens with one attached hydrogen (secondary N) is 1. The number of rotatable bonds is 5. The second-order valence-electron chi connectivity index (χ2n) is 7.06. The first-order chi connectivity index (χ1) is 13.7. The molecule has 3 amide bonds. The third kappa shape index (κ3) is 3.81. The van der Waals surface area contributed by atoms with Crippen LogP contribution in [0.5, 0.6) is 0 Å². The number of carbonyl (C=O) groups excluding carboxylic acids is 3. The fourth-order valence-corrected chi connectivity index (χ4v) is 3.71. The summed E-state index contributed by atoms with van der Waals surface area (Å²) in [5.41, 5.74) is -3.44. The Labute approximate surface area is 165 Å². The van der Waals surface area contributed by atoms with Crippen molar-refractivity contribution in [3.8, 4) is 0 Å². The van der Waals surface area contributed by atoms with Gasteiger partial charge in [-0.25, -0.2) is 9.69 Å². The van der Waals surface area contributed by atoms with Gasteiger partial charge in [0.05, 0.1) is 19.2 Å². The van der Waals surface area contributed by atoms with Crippen LogP contribution in [-0.4, -0.2) is 60.2 Å². The number of benzene rings is 1. The van der Waals surface area contributed by atoms with Gasteiger partial charge in [-0.15, -0.1) is 0 Å². The van der Waals surface area contributed by atoms with Crippen LogP contribution in [0.15, 0.2) is 30.3 Å². The van der Waals surface area contributed by atoms with E-state index in [4.69, 9.17) is 4.74 Å². The third-order valence-electron chi connectivity index (χ3n) is 5.29. The van der Waals surface area contributed by atoms with E-state index in [9.17, 15) is 27.6 Å². The molecule has 10 heteroatoms. The van der Waals surface area contributed by atoms with Crippen LogP contribution in [0.3, 0.4) is 0 Å². The number of esters is 1. The zero-order valence-electron chi connectivity index (χ0n) is 15.9. The molecule has 158 valence electrons. The maximum Gasteiger partial charge on any atom is 0.425 e. The predicted octanol–water partition coefficient (Wildman–Crippen LogP) is 2.23. The van der Waals surface area contributed by atoms with Gasteiger partial charge in [0.2, 0.25) is 5.54 Å². The lowest BCUT2D eigenvalue weighted by atomic mass is 9.89. The van der Waals surface area contributed by atoms with Gasteiger partial charge in [-0.2, -0.15) is 13.2 Å². The Morgan fingerprint density at radius 1 is 1.21 bits per heavy atom. The molecule has 2 aliphatic heterocycles. The lowest BCUT2D eigenvalue weighted by molar-refractivity contribution is -0.198. The summed E-state index contributed by atoms with van der Waals surface area (Å²) in [6.07, 6.45) is -4.11. The molecule has 29 heavy (non-hydrogen) atoms. The van der Waals surface area contributed by atoms with E-state index in [1.54, 1.807) is 11.8 Å². The second-order valence-corrected chi connectivity index (χ2v) is 7.06. The molecule has 2 fully saturated rings. The molecule has 0 radical (unpaired) electrons. The van der Waals surface area contributed by atoms with Gasteiger partial charge in [0, 0.05) is 13.1 Å². The molecule has 1 aromatic carbocycles. The Kier molecular flexibility index (Phi) is 5.83. The quantitative estimate of drug-likeness (QED) is 0.592. The predicted molar refractivity (Wildman–Crippen MR) is 95.3 cm³/mol. The highest BCUT2D eigenvalue weighted by molar-refractivity contribution is 6.08. The summed E-state index contributed by atoms with van der Waals surface area (Å²) in [6, 6.07) is 5.53.